The highest BCUT2D eigenvalue weighted by Crippen LogP contribution is 1.93. The smallest absolute Gasteiger partial charge is 0.103 e. The fourth-order valence-corrected chi connectivity index (χ4v) is 0.807. The molecule has 0 atom stereocenters. The highest BCUT2D eigenvalue weighted by Gasteiger charge is 2.15. The second-order valence-electron chi connectivity index (χ2n) is 2.69. The molecule has 0 amide bonds. The molecular weight excluding hydrogens is 116 g/mol. The van der Waals surface area contributed by atoms with Crippen molar-refractivity contribution in [3.05, 3.63) is 4.91 Å². The molecule has 0 unspecified atom stereocenters. The molecule has 0 fully saturated rings. The van der Waals surface area contributed by atoms with Gasteiger partial charge in [0, 0.05) is 4.91 Å². The molecule has 0 saturated carbocycles. The van der Waals surface area contributed by atoms with Crippen molar-refractivity contribution in [2.75, 3.05) is 0 Å². The van der Waals surface area contributed by atoms with Crippen LogP contribution in [0, 0.1) is 4.91 Å². The van der Waals surface area contributed by atoms with E-state index < -0.39 is 0 Å². The van der Waals surface area contributed by atoms with Crippen LogP contribution in [0.5, 0.6) is 0 Å². The number of nitroso groups, excluding NO2 is 1. The van der Waals surface area contributed by atoms with Crippen LogP contribution < -0.4 is 5.29 Å². The van der Waals surface area contributed by atoms with E-state index in [2.05, 4.69) is 0 Å². The van der Waals surface area contributed by atoms with Crippen molar-refractivity contribution in [2.24, 2.45) is 0 Å². The zero-order valence-corrected chi connectivity index (χ0v) is 6.51. The van der Waals surface area contributed by atoms with Gasteiger partial charge in [-0.15, -0.1) is 5.01 Å². The third kappa shape index (κ3) is 2.44. The van der Waals surface area contributed by atoms with Crippen molar-refractivity contribution < 1.29 is 5.29 Å². The number of rotatable bonds is 3. The first-order valence-electron chi connectivity index (χ1n) is 3.25. The fraction of sp³-hybridized carbons (Fsp3) is 1.00. The summed E-state index contributed by atoms with van der Waals surface area (Å²) < 4.78 is 0. The fourth-order valence-electron chi connectivity index (χ4n) is 0.807. The van der Waals surface area contributed by atoms with Crippen molar-refractivity contribution >= 4 is 0 Å². The van der Waals surface area contributed by atoms with Gasteiger partial charge in [0.25, 0.3) is 0 Å². The first-order chi connectivity index (χ1) is 4.09. The predicted molar refractivity (Wildman–Crippen MR) is 36.4 cm³/mol. The summed E-state index contributed by atoms with van der Waals surface area (Å²) in [7, 11) is 0. The van der Waals surface area contributed by atoms with Crippen LogP contribution >= 0.6 is 0 Å². The largest absolute Gasteiger partial charge is 0.138 e. The average Bonchev–Trinajstić information content (AvgIpc) is 1.64. The normalized spacial score (nSPS) is 10.4. The van der Waals surface area contributed by atoms with Crippen molar-refractivity contribution in [2.45, 2.75) is 39.8 Å². The third-order valence-electron chi connectivity index (χ3n) is 1.22. The van der Waals surface area contributed by atoms with E-state index in [1.165, 1.54) is 0 Å². The molecule has 0 spiro atoms. The second kappa shape index (κ2) is 3.43. The summed E-state index contributed by atoms with van der Waals surface area (Å²) in [4.78, 5) is 10.2. The molecule has 0 rings (SSSR count). The minimum Gasteiger partial charge on any atom is -0.138 e. The van der Waals surface area contributed by atoms with Crippen LogP contribution in [-0.4, -0.2) is 17.1 Å². The summed E-state index contributed by atoms with van der Waals surface area (Å²) in [6.07, 6.45) is 0. The average molecular weight is 131 g/mol. The Labute approximate surface area is 56.0 Å². The first-order valence-corrected chi connectivity index (χ1v) is 3.25. The Morgan fingerprint density at radius 1 is 1.11 bits per heavy atom. The van der Waals surface area contributed by atoms with Gasteiger partial charge >= 0.3 is 0 Å². The molecule has 0 aliphatic rings. The lowest BCUT2D eigenvalue weighted by molar-refractivity contribution is -0.679. The topological polar surface area (TPSA) is 34.3 Å². The van der Waals surface area contributed by atoms with Crippen molar-refractivity contribution in [1.29, 1.82) is 0 Å². The summed E-state index contributed by atoms with van der Waals surface area (Å²) in [5.74, 6) is 0. The maximum Gasteiger partial charge on any atom is 0.103 e. The summed E-state index contributed by atoms with van der Waals surface area (Å²) in [5, 5.41) is 3.54. The number of nitrogens with one attached hydrogen (secondary N) is 1. The van der Waals surface area contributed by atoms with E-state index >= 15 is 0 Å². The maximum absolute atomic E-state index is 10.2. The van der Waals surface area contributed by atoms with Gasteiger partial charge in [0.2, 0.25) is 0 Å². The Bertz CT molecular complexity index is 83.1. The standard InChI is InChI=1S/C6H14N2O/c1-5(2)8(7-9)6(3)4/h5-6H,1-4H3/p+1. The van der Waals surface area contributed by atoms with Crippen LogP contribution in [0.4, 0.5) is 0 Å². The molecular formula is C6H15N2O+. The van der Waals surface area contributed by atoms with Gasteiger partial charge in [-0.1, -0.05) is 0 Å². The van der Waals surface area contributed by atoms with E-state index in [-0.39, 0.29) is 12.1 Å². The van der Waals surface area contributed by atoms with Crippen molar-refractivity contribution in [3.63, 3.8) is 0 Å². The van der Waals surface area contributed by atoms with Gasteiger partial charge in [-0.25, -0.2) is 0 Å². The quantitative estimate of drug-likeness (QED) is 0.541. The van der Waals surface area contributed by atoms with Crippen LogP contribution in [-0.2, 0) is 0 Å². The molecule has 3 heteroatoms. The van der Waals surface area contributed by atoms with E-state index in [0.29, 0.717) is 0 Å². The highest BCUT2D eigenvalue weighted by atomic mass is 16.3. The van der Waals surface area contributed by atoms with Crippen LogP contribution in [0.2, 0.25) is 0 Å². The van der Waals surface area contributed by atoms with Gasteiger partial charge in [0.15, 0.2) is 0 Å². The SMILES string of the molecule is CC(C)N([NH+]=O)C(C)C. The molecule has 9 heavy (non-hydrogen) atoms. The van der Waals surface area contributed by atoms with Gasteiger partial charge in [0.1, 0.15) is 5.29 Å². The van der Waals surface area contributed by atoms with Gasteiger partial charge < -0.3 is 0 Å². The van der Waals surface area contributed by atoms with Crippen LogP contribution in [0.25, 0.3) is 0 Å². The lowest BCUT2D eigenvalue weighted by atomic mass is 10.3. The van der Waals surface area contributed by atoms with Crippen molar-refractivity contribution in [3.8, 4) is 0 Å². The number of hydrazine groups is 1. The lowest BCUT2D eigenvalue weighted by Gasteiger charge is -2.16. The summed E-state index contributed by atoms with van der Waals surface area (Å²) in [5.41, 5.74) is 0. The Morgan fingerprint density at radius 2 is 1.44 bits per heavy atom. The van der Waals surface area contributed by atoms with Crippen molar-refractivity contribution in [1.82, 2.24) is 5.01 Å². The number of hydrogen-bond donors (Lipinski definition) is 1. The number of nitrogens with zero attached hydrogens (tertiary/aromatic N) is 1. The third-order valence-corrected chi connectivity index (χ3v) is 1.22. The van der Waals surface area contributed by atoms with Gasteiger partial charge in [-0.3, -0.25) is 0 Å². The maximum atomic E-state index is 10.2. The molecule has 0 aromatic carbocycles. The molecule has 0 saturated heterocycles. The molecule has 0 heterocycles. The van der Waals surface area contributed by atoms with E-state index in [0.717, 1.165) is 0 Å². The van der Waals surface area contributed by atoms with E-state index in [9.17, 15) is 4.91 Å². The Morgan fingerprint density at radius 3 is 1.44 bits per heavy atom. The summed E-state index contributed by atoms with van der Waals surface area (Å²) in [6, 6.07) is 0.532. The Kier molecular flexibility index (Phi) is 3.20. The van der Waals surface area contributed by atoms with E-state index in [1.807, 2.05) is 33.0 Å². The molecule has 54 valence electrons. The van der Waals surface area contributed by atoms with Crippen LogP contribution in [0.15, 0.2) is 0 Å². The zero-order chi connectivity index (χ0) is 7.44. The van der Waals surface area contributed by atoms with Crippen LogP contribution in [0.1, 0.15) is 27.7 Å². The molecule has 0 aromatic rings. The monoisotopic (exact) mass is 131 g/mol. The molecule has 0 aliphatic carbocycles. The molecule has 1 N–H and O–H groups in total. The molecule has 0 bridgehead atoms. The summed E-state index contributed by atoms with van der Waals surface area (Å²) in [6.45, 7) is 7.91. The van der Waals surface area contributed by atoms with E-state index in [1.54, 1.807) is 5.01 Å². The first kappa shape index (κ1) is 8.40. The zero-order valence-electron chi connectivity index (χ0n) is 6.51. The second-order valence-corrected chi connectivity index (χ2v) is 2.69. The van der Waals surface area contributed by atoms with Gasteiger partial charge in [-0.05, 0) is 27.7 Å². The molecule has 3 nitrogen and oxygen atoms in total. The summed E-state index contributed by atoms with van der Waals surface area (Å²) >= 11 is 0. The molecule has 0 radical (unpaired) electrons. The van der Waals surface area contributed by atoms with Gasteiger partial charge in [0.05, 0.1) is 12.1 Å². The van der Waals surface area contributed by atoms with Crippen LogP contribution in [0.3, 0.4) is 0 Å². The molecule has 0 aromatic heterocycles. The Balaban J connectivity index is 3.82. The minimum atomic E-state index is 0.266. The van der Waals surface area contributed by atoms with Gasteiger partial charge in [-0.2, -0.15) is 0 Å². The molecule has 0 aliphatic heterocycles. The lowest BCUT2D eigenvalue weighted by Crippen LogP contribution is -2.81. The highest BCUT2D eigenvalue weighted by molar-refractivity contribution is 4.54. The predicted octanol–water partition coefficient (Wildman–Crippen LogP) is -0.133. The minimum absolute atomic E-state index is 0.266. The number of hydrogen-bond acceptors (Lipinski definition) is 1. The Hall–Kier alpha value is -0.600. The van der Waals surface area contributed by atoms with E-state index in [4.69, 9.17) is 0 Å².